The molecule has 0 bridgehead atoms. The molecule has 0 amide bonds. The van der Waals surface area contributed by atoms with E-state index in [0.29, 0.717) is 11.4 Å². The van der Waals surface area contributed by atoms with Gasteiger partial charge < -0.3 is 9.13 Å². The van der Waals surface area contributed by atoms with Crippen LogP contribution < -0.4 is 0 Å². The zero-order valence-corrected chi connectivity index (χ0v) is 25.8. The van der Waals surface area contributed by atoms with E-state index in [-0.39, 0.29) is 0 Å². The maximum absolute atomic E-state index is 8.07. The molecule has 0 aliphatic carbocycles. The summed E-state index contributed by atoms with van der Waals surface area (Å²) in [6.07, 6.45) is 0. The molecule has 0 atom stereocenters. The fraction of sp³-hybridized carbons (Fsp3) is 0. The van der Waals surface area contributed by atoms with Crippen LogP contribution >= 0.6 is 0 Å². The van der Waals surface area contributed by atoms with Crippen molar-refractivity contribution in [1.29, 1.82) is 0 Å². The Labute approximate surface area is 277 Å². The molecule has 0 fully saturated rings. The average Bonchev–Trinajstić information content (AvgIpc) is 3.67. The van der Waals surface area contributed by atoms with Gasteiger partial charge in [-0.05, 0) is 76.7 Å². The third-order valence-electron chi connectivity index (χ3n) is 9.35. The molecule has 48 heavy (non-hydrogen) atoms. The molecule has 0 unspecified atom stereocenters. The molecule has 7 aromatic carbocycles. The second-order valence-corrected chi connectivity index (χ2v) is 11.9. The van der Waals surface area contributed by atoms with Gasteiger partial charge in [0.15, 0.2) is 11.4 Å². The molecule has 0 saturated carbocycles. The summed E-state index contributed by atoms with van der Waals surface area (Å²) in [5.74, 6) is 0. The lowest BCUT2D eigenvalue weighted by atomic mass is 9.96. The molecule has 4 nitrogen and oxygen atoms in total. The van der Waals surface area contributed by atoms with E-state index in [0.717, 1.165) is 66.5 Å². The maximum Gasteiger partial charge on any atom is 0.195 e. The smallest absolute Gasteiger partial charge is 0.195 e. The lowest BCUT2D eigenvalue weighted by molar-refractivity contribution is 1.18. The standard InChI is InChI=1S/C44H26N4/c1-45-31-22-25-44-38(27-31)36-17-6-10-21-43(36)48(44)40-18-7-3-14-33(40)29-12-11-13-30(26-29)37-28-32(23-24-39(37)46-2)47-41-19-8-4-15-34(41)35-16-5-9-20-42(35)47/h3-28H. The van der Waals surface area contributed by atoms with Crippen LogP contribution in [0.5, 0.6) is 0 Å². The molecule has 2 heterocycles. The summed E-state index contributed by atoms with van der Waals surface area (Å²) in [4.78, 5) is 7.65. The Balaban J connectivity index is 1.23. The highest BCUT2D eigenvalue weighted by molar-refractivity contribution is 6.11. The van der Waals surface area contributed by atoms with Crippen molar-refractivity contribution in [2.24, 2.45) is 0 Å². The summed E-state index contributed by atoms with van der Waals surface area (Å²) in [5.41, 5.74) is 11.8. The van der Waals surface area contributed by atoms with E-state index in [4.69, 9.17) is 13.1 Å². The van der Waals surface area contributed by atoms with Gasteiger partial charge in [0.05, 0.1) is 40.9 Å². The largest absolute Gasteiger partial charge is 0.309 e. The number of fused-ring (bicyclic) bond motifs is 6. The Hall–Kier alpha value is -6.88. The first-order valence-electron chi connectivity index (χ1n) is 15.8. The van der Waals surface area contributed by atoms with Gasteiger partial charge in [0.1, 0.15) is 0 Å². The van der Waals surface area contributed by atoms with Crippen LogP contribution in [0.15, 0.2) is 158 Å². The second kappa shape index (κ2) is 10.9. The van der Waals surface area contributed by atoms with Crippen molar-refractivity contribution < 1.29 is 0 Å². The molecule has 4 heteroatoms. The van der Waals surface area contributed by atoms with Crippen LogP contribution in [-0.2, 0) is 0 Å². The average molecular weight is 611 g/mol. The van der Waals surface area contributed by atoms with Gasteiger partial charge in [-0.1, -0.05) is 103 Å². The van der Waals surface area contributed by atoms with E-state index in [2.05, 4.69) is 158 Å². The monoisotopic (exact) mass is 610 g/mol. The zero-order chi connectivity index (χ0) is 32.2. The predicted octanol–water partition coefficient (Wildman–Crippen LogP) is 12.3. The number of benzene rings is 7. The van der Waals surface area contributed by atoms with Gasteiger partial charge in [0.2, 0.25) is 0 Å². The Morgan fingerprint density at radius 3 is 1.67 bits per heavy atom. The van der Waals surface area contributed by atoms with Crippen LogP contribution in [0.4, 0.5) is 11.4 Å². The van der Waals surface area contributed by atoms with Gasteiger partial charge in [-0.25, -0.2) is 9.69 Å². The summed E-state index contributed by atoms with van der Waals surface area (Å²) >= 11 is 0. The fourth-order valence-corrected chi connectivity index (χ4v) is 7.25. The zero-order valence-electron chi connectivity index (χ0n) is 25.8. The Morgan fingerprint density at radius 2 is 0.979 bits per heavy atom. The molecular weight excluding hydrogens is 585 g/mol. The first-order chi connectivity index (χ1) is 23.7. The number of rotatable bonds is 4. The first kappa shape index (κ1) is 27.4. The molecule has 2 aromatic heterocycles. The van der Waals surface area contributed by atoms with Crippen LogP contribution in [-0.4, -0.2) is 9.13 Å². The topological polar surface area (TPSA) is 18.6 Å². The van der Waals surface area contributed by atoms with Crippen molar-refractivity contribution in [3.63, 3.8) is 0 Å². The summed E-state index contributed by atoms with van der Waals surface area (Å²) in [6, 6.07) is 54.4. The summed E-state index contributed by atoms with van der Waals surface area (Å²) in [7, 11) is 0. The third-order valence-corrected chi connectivity index (χ3v) is 9.35. The maximum atomic E-state index is 8.07. The SMILES string of the molecule is [C-]#[N+]c1ccc2c(c1)c1ccccc1n2-c1ccccc1-c1cccc(-c2cc(-n3c4ccccc4c4ccccc43)ccc2[N+]#[C-])c1. The summed E-state index contributed by atoms with van der Waals surface area (Å²) in [5, 5.41) is 4.59. The molecule has 0 N–H and O–H groups in total. The van der Waals surface area contributed by atoms with E-state index in [9.17, 15) is 0 Å². The van der Waals surface area contributed by atoms with Gasteiger partial charge in [-0.2, -0.15) is 0 Å². The predicted molar refractivity (Wildman–Crippen MR) is 199 cm³/mol. The van der Waals surface area contributed by atoms with E-state index in [1.165, 1.54) is 10.8 Å². The van der Waals surface area contributed by atoms with Crippen molar-refractivity contribution in [3.05, 3.63) is 181 Å². The molecule has 0 aliphatic rings. The number of para-hydroxylation sites is 4. The van der Waals surface area contributed by atoms with Crippen molar-refractivity contribution in [2.75, 3.05) is 0 Å². The van der Waals surface area contributed by atoms with Crippen LogP contribution in [0.3, 0.4) is 0 Å². The first-order valence-corrected chi connectivity index (χ1v) is 15.8. The summed E-state index contributed by atoms with van der Waals surface area (Å²) in [6.45, 7) is 15.7. The third kappa shape index (κ3) is 4.14. The quantitative estimate of drug-likeness (QED) is 0.177. The molecule has 9 aromatic rings. The minimum atomic E-state index is 0.614. The van der Waals surface area contributed by atoms with Crippen LogP contribution in [0.2, 0.25) is 0 Å². The summed E-state index contributed by atoms with van der Waals surface area (Å²) < 4.78 is 4.59. The van der Waals surface area contributed by atoms with Crippen molar-refractivity contribution in [3.8, 4) is 33.6 Å². The Bertz CT molecular complexity index is 2760. The van der Waals surface area contributed by atoms with Crippen LogP contribution in [0, 0.1) is 13.1 Å². The van der Waals surface area contributed by atoms with Gasteiger partial charge in [-0.3, -0.25) is 0 Å². The Kier molecular flexibility index (Phi) is 6.22. The lowest BCUT2D eigenvalue weighted by Gasteiger charge is -2.16. The normalized spacial score (nSPS) is 11.3. The number of hydrogen-bond donors (Lipinski definition) is 0. The molecular formula is C44H26N4. The highest BCUT2D eigenvalue weighted by Crippen LogP contribution is 2.41. The number of hydrogen-bond acceptors (Lipinski definition) is 0. The van der Waals surface area contributed by atoms with Gasteiger partial charge >= 0.3 is 0 Å². The van der Waals surface area contributed by atoms with Crippen LogP contribution in [0.1, 0.15) is 0 Å². The minimum Gasteiger partial charge on any atom is -0.309 e. The van der Waals surface area contributed by atoms with Gasteiger partial charge in [0, 0.05) is 27.4 Å². The fourth-order valence-electron chi connectivity index (χ4n) is 7.25. The molecule has 9 rings (SSSR count). The van der Waals surface area contributed by atoms with Crippen LogP contribution in [0.25, 0.3) is 86.9 Å². The highest BCUT2D eigenvalue weighted by atomic mass is 15.0. The van der Waals surface area contributed by atoms with E-state index < -0.39 is 0 Å². The van der Waals surface area contributed by atoms with E-state index >= 15 is 0 Å². The van der Waals surface area contributed by atoms with E-state index in [1.807, 2.05) is 18.2 Å². The van der Waals surface area contributed by atoms with Crippen molar-refractivity contribution in [1.82, 2.24) is 9.13 Å². The molecule has 0 aliphatic heterocycles. The number of aromatic nitrogens is 2. The van der Waals surface area contributed by atoms with E-state index in [1.54, 1.807) is 0 Å². The van der Waals surface area contributed by atoms with Crippen molar-refractivity contribution in [2.45, 2.75) is 0 Å². The van der Waals surface area contributed by atoms with Gasteiger partial charge in [0.25, 0.3) is 0 Å². The van der Waals surface area contributed by atoms with Crippen molar-refractivity contribution >= 4 is 55.0 Å². The Morgan fingerprint density at radius 1 is 0.396 bits per heavy atom. The lowest BCUT2D eigenvalue weighted by Crippen LogP contribution is -1.97. The minimum absolute atomic E-state index is 0.614. The molecule has 0 radical (unpaired) electrons. The molecule has 0 saturated heterocycles. The molecule has 0 spiro atoms. The number of nitrogens with zero attached hydrogens (tertiary/aromatic N) is 4. The van der Waals surface area contributed by atoms with Gasteiger partial charge in [-0.15, -0.1) is 0 Å². The second-order valence-electron chi connectivity index (χ2n) is 11.9. The molecule has 222 valence electrons. The highest BCUT2D eigenvalue weighted by Gasteiger charge is 2.18.